The average Bonchev–Trinajstić information content (AvgIpc) is 2.38. The zero-order chi connectivity index (χ0) is 13.1. The number of methoxy groups -OCH3 is 1. The van der Waals surface area contributed by atoms with Gasteiger partial charge in [0.05, 0.1) is 18.8 Å². The molecule has 0 spiro atoms. The quantitative estimate of drug-likeness (QED) is 0.900. The molecule has 0 saturated heterocycles. The summed E-state index contributed by atoms with van der Waals surface area (Å²) < 4.78 is 18.5. The van der Waals surface area contributed by atoms with Gasteiger partial charge in [0, 0.05) is 11.8 Å². The molecule has 5 heteroatoms. The molecule has 94 valence electrons. The third-order valence-electron chi connectivity index (χ3n) is 2.64. The predicted molar refractivity (Wildman–Crippen MR) is 65.8 cm³/mol. The Balaban J connectivity index is 2.44. The highest BCUT2D eigenvalue weighted by Crippen LogP contribution is 2.27. The number of hydrogen-bond acceptors (Lipinski definition) is 4. The Bertz CT molecular complexity index is 560. The lowest BCUT2D eigenvalue weighted by Gasteiger charge is -2.15. The highest BCUT2D eigenvalue weighted by Gasteiger charge is 2.16. The van der Waals surface area contributed by atoms with E-state index in [1.165, 1.54) is 19.2 Å². The summed E-state index contributed by atoms with van der Waals surface area (Å²) in [5.74, 6) is 0.811. The maximum atomic E-state index is 13.3. The van der Waals surface area contributed by atoms with Crippen LogP contribution in [0.3, 0.4) is 0 Å². The minimum Gasteiger partial charge on any atom is -0.496 e. The van der Waals surface area contributed by atoms with Crippen LogP contribution in [0.25, 0.3) is 0 Å². The Morgan fingerprint density at radius 2 is 2.11 bits per heavy atom. The van der Waals surface area contributed by atoms with Crippen LogP contribution < -0.4 is 10.5 Å². The van der Waals surface area contributed by atoms with E-state index >= 15 is 0 Å². The van der Waals surface area contributed by atoms with E-state index in [0.717, 1.165) is 0 Å². The van der Waals surface area contributed by atoms with Crippen LogP contribution >= 0.6 is 0 Å². The molecule has 0 aliphatic rings. The van der Waals surface area contributed by atoms with Crippen LogP contribution in [0.2, 0.25) is 0 Å². The topological polar surface area (TPSA) is 61.0 Å². The molecule has 0 amide bonds. The van der Waals surface area contributed by atoms with Crippen LogP contribution in [0.1, 0.15) is 23.1 Å². The molecule has 0 radical (unpaired) electrons. The lowest BCUT2D eigenvalue weighted by molar-refractivity contribution is 0.406. The van der Waals surface area contributed by atoms with E-state index in [-0.39, 0.29) is 5.82 Å². The van der Waals surface area contributed by atoms with Crippen molar-refractivity contribution in [2.24, 2.45) is 5.73 Å². The van der Waals surface area contributed by atoms with Gasteiger partial charge < -0.3 is 10.5 Å². The molecule has 0 saturated carbocycles. The lowest BCUT2D eigenvalue weighted by atomic mass is 10.0. The van der Waals surface area contributed by atoms with Crippen LogP contribution in [0.4, 0.5) is 4.39 Å². The van der Waals surface area contributed by atoms with Crippen molar-refractivity contribution in [3.8, 4) is 5.75 Å². The van der Waals surface area contributed by atoms with Gasteiger partial charge in [-0.05, 0) is 31.2 Å². The van der Waals surface area contributed by atoms with Crippen LogP contribution in [-0.2, 0) is 0 Å². The van der Waals surface area contributed by atoms with Crippen LogP contribution in [0.15, 0.2) is 30.5 Å². The maximum absolute atomic E-state index is 13.3. The fourth-order valence-corrected chi connectivity index (χ4v) is 1.76. The van der Waals surface area contributed by atoms with Crippen LogP contribution in [0.5, 0.6) is 5.75 Å². The minimum absolute atomic E-state index is 0.355. The summed E-state index contributed by atoms with van der Waals surface area (Å²) in [5.41, 5.74) is 7.29. The third kappa shape index (κ3) is 2.46. The van der Waals surface area contributed by atoms with Crippen molar-refractivity contribution in [2.45, 2.75) is 13.0 Å². The van der Waals surface area contributed by atoms with Crippen LogP contribution in [-0.4, -0.2) is 17.1 Å². The molecule has 1 aromatic heterocycles. The normalized spacial score (nSPS) is 12.2. The Kier molecular flexibility index (Phi) is 3.53. The van der Waals surface area contributed by atoms with Crippen molar-refractivity contribution in [3.63, 3.8) is 0 Å². The molecule has 2 rings (SSSR count). The monoisotopic (exact) mass is 247 g/mol. The molecule has 1 atom stereocenters. The Morgan fingerprint density at radius 1 is 1.33 bits per heavy atom. The molecule has 0 aliphatic carbocycles. The summed E-state index contributed by atoms with van der Waals surface area (Å²) in [5, 5.41) is 0. The van der Waals surface area contributed by atoms with Crippen molar-refractivity contribution >= 4 is 0 Å². The molecule has 0 aliphatic heterocycles. The second-order valence-corrected chi connectivity index (χ2v) is 3.89. The van der Waals surface area contributed by atoms with Crippen LogP contribution in [0, 0.1) is 12.7 Å². The molecule has 1 unspecified atom stereocenters. The summed E-state index contributed by atoms with van der Waals surface area (Å²) >= 11 is 0. The lowest BCUT2D eigenvalue weighted by Crippen LogP contribution is -2.15. The highest BCUT2D eigenvalue weighted by atomic mass is 19.1. The van der Waals surface area contributed by atoms with Crippen molar-refractivity contribution in [3.05, 3.63) is 53.4 Å². The summed E-state index contributed by atoms with van der Waals surface area (Å²) in [7, 11) is 1.52. The van der Waals surface area contributed by atoms with Crippen molar-refractivity contribution in [1.29, 1.82) is 0 Å². The Morgan fingerprint density at radius 3 is 2.78 bits per heavy atom. The van der Waals surface area contributed by atoms with Crippen molar-refractivity contribution in [1.82, 2.24) is 9.97 Å². The van der Waals surface area contributed by atoms with E-state index < -0.39 is 6.04 Å². The second kappa shape index (κ2) is 5.10. The van der Waals surface area contributed by atoms with Gasteiger partial charge in [0.15, 0.2) is 0 Å². The number of aromatic nitrogens is 2. The van der Waals surface area contributed by atoms with Crippen molar-refractivity contribution in [2.75, 3.05) is 7.11 Å². The second-order valence-electron chi connectivity index (χ2n) is 3.89. The first-order valence-corrected chi connectivity index (χ1v) is 5.50. The minimum atomic E-state index is -0.544. The van der Waals surface area contributed by atoms with Gasteiger partial charge in [0.25, 0.3) is 0 Å². The van der Waals surface area contributed by atoms with E-state index in [1.807, 2.05) is 0 Å². The molecule has 4 nitrogen and oxygen atoms in total. The number of halogens is 1. The molecule has 0 bridgehead atoms. The fraction of sp³-hybridized carbons (Fsp3) is 0.231. The number of hydrogen-bond donors (Lipinski definition) is 1. The highest BCUT2D eigenvalue weighted by molar-refractivity contribution is 5.39. The van der Waals surface area contributed by atoms with E-state index in [2.05, 4.69) is 9.97 Å². The molecule has 18 heavy (non-hydrogen) atoms. The first-order valence-electron chi connectivity index (χ1n) is 5.50. The SMILES string of the molecule is COc1ccc(F)cc1C(N)c1ccnc(C)n1. The number of nitrogens with two attached hydrogens (primary N) is 1. The summed E-state index contributed by atoms with van der Waals surface area (Å²) in [6.07, 6.45) is 1.63. The number of benzene rings is 1. The summed E-state index contributed by atoms with van der Waals surface area (Å²) in [6.45, 7) is 1.78. The molecule has 1 aromatic carbocycles. The molecule has 1 heterocycles. The van der Waals surface area contributed by atoms with Gasteiger partial charge in [-0.15, -0.1) is 0 Å². The maximum Gasteiger partial charge on any atom is 0.125 e. The van der Waals surface area contributed by atoms with E-state index in [4.69, 9.17) is 10.5 Å². The van der Waals surface area contributed by atoms with Gasteiger partial charge in [0.2, 0.25) is 0 Å². The number of nitrogens with zero attached hydrogens (tertiary/aromatic N) is 2. The molecular formula is C13H14FN3O. The number of aryl methyl sites for hydroxylation is 1. The third-order valence-corrected chi connectivity index (χ3v) is 2.64. The predicted octanol–water partition coefficient (Wildman–Crippen LogP) is 1.98. The number of ether oxygens (including phenoxy) is 1. The van der Waals surface area contributed by atoms with Gasteiger partial charge >= 0.3 is 0 Å². The standard InChI is InChI=1S/C13H14FN3O/c1-8-16-6-5-11(17-8)13(15)10-7-9(14)3-4-12(10)18-2/h3-7,13H,15H2,1-2H3. The Hall–Kier alpha value is -2.01. The van der Waals surface area contributed by atoms with Gasteiger partial charge in [0.1, 0.15) is 17.4 Å². The molecule has 2 aromatic rings. The molecular weight excluding hydrogens is 233 g/mol. The fourth-order valence-electron chi connectivity index (χ4n) is 1.76. The first kappa shape index (κ1) is 12.4. The van der Waals surface area contributed by atoms with Gasteiger partial charge in [-0.25, -0.2) is 14.4 Å². The Labute approximate surface area is 105 Å². The zero-order valence-corrected chi connectivity index (χ0v) is 10.2. The molecule has 0 fully saturated rings. The number of rotatable bonds is 3. The average molecular weight is 247 g/mol. The van der Waals surface area contributed by atoms with E-state index in [0.29, 0.717) is 22.8 Å². The smallest absolute Gasteiger partial charge is 0.125 e. The zero-order valence-electron chi connectivity index (χ0n) is 10.2. The van der Waals surface area contributed by atoms with Gasteiger partial charge in [-0.1, -0.05) is 0 Å². The van der Waals surface area contributed by atoms with E-state index in [1.54, 1.807) is 25.3 Å². The summed E-state index contributed by atoms with van der Waals surface area (Å²) in [4.78, 5) is 8.24. The largest absolute Gasteiger partial charge is 0.496 e. The first-order chi connectivity index (χ1) is 8.61. The van der Waals surface area contributed by atoms with Gasteiger partial charge in [-0.2, -0.15) is 0 Å². The molecule has 2 N–H and O–H groups in total. The summed E-state index contributed by atoms with van der Waals surface area (Å²) in [6, 6.07) is 5.42. The van der Waals surface area contributed by atoms with Crippen molar-refractivity contribution < 1.29 is 9.13 Å². The van der Waals surface area contributed by atoms with Gasteiger partial charge in [-0.3, -0.25) is 0 Å². The van der Waals surface area contributed by atoms with E-state index in [9.17, 15) is 4.39 Å².